The number of fused-ring (bicyclic) bond motifs is 1. The molecule has 0 unspecified atom stereocenters. The van der Waals surface area contributed by atoms with E-state index in [-0.39, 0.29) is 5.91 Å². The Kier molecular flexibility index (Phi) is 3.32. The lowest BCUT2D eigenvalue weighted by molar-refractivity contribution is -0.115. The first-order valence-electron chi connectivity index (χ1n) is 6.14. The first-order valence-corrected chi connectivity index (χ1v) is 9.59. The minimum absolute atomic E-state index is 0.123. The van der Waals surface area contributed by atoms with Gasteiger partial charge in [0.1, 0.15) is 11.3 Å². The molecule has 0 aliphatic heterocycles. The normalized spacial score (nSPS) is 11.6. The summed E-state index contributed by atoms with van der Waals surface area (Å²) in [6, 6.07) is 9.03. The Bertz CT molecular complexity index is 685. The van der Waals surface area contributed by atoms with Gasteiger partial charge in [0.15, 0.2) is 8.24 Å². The molecule has 1 aromatic heterocycles. The van der Waals surface area contributed by atoms with Crippen LogP contribution < -0.4 is 10.2 Å². The van der Waals surface area contributed by atoms with E-state index < -0.39 is 13.9 Å². The molecule has 0 fully saturated rings. The minimum Gasteiger partial charge on any atom is -0.421 e. The minimum atomic E-state index is -1.99. The monoisotopic (exact) mass is 275 g/mol. The van der Waals surface area contributed by atoms with Gasteiger partial charge in [0, 0.05) is 12.3 Å². The van der Waals surface area contributed by atoms with Gasteiger partial charge in [-0.2, -0.15) is 0 Å². The van der Waals surface area contributed by atoms with Crippen LogP contribution in [0.2, 0.25) is 19.6 Å². The van der Waals surface area contributed by atoms with E-state index >= 15 is 0 Å². The molecule has 0 spiro atoms. The molecule has 19 heavy (non-hydrogen) atoms. The molecular weight excluding hydrogens is 258 g/mol. The number of hydrogen-bond donors (Lipinski definition) is 0. The highest BCUT2D eigenvalue weighted by Gasteiger charge is 2.30. The summed E-state index contributed by atoms with van der Waals surface area (Å²) in [7, 11) is -1.99. The fraction of sp³-hybridized carbons (Fsp3) is 0.286. The van der Waals surface area contributed by atoms with Crippen molar-refractivity contribution in [2.24, 2.45) is 0 Å². The van der Waals surface area contributed by atoms with Crippen molar-refractivity contribution >= 4 is 30.8 Å². The molecule has 100 valence electrons. The van der Waals surface area contributed by atoms with Gasteiger partial charge in [-0.3, -0.25) is 4.79 Å². The number of carbonyl (C=O) groups is 1. The third kappa shape index (κ3) is 2.60. The molecular formula is C14H17NO3Si. The highest BCUT2D eigenvalue weighted by molar-refractivity contribution is 6.83. The number of nitrogens with zero attached hydrogens (tertiary/aromatic N) is 1. The molecule has 0 bridgehead atoms. The molecule has 2 aromatic rings. The maximum absolute atomic E-state index is 12.1. The van der Waals surface area contributed by atoms with E-state index in [9.17, 15) is 9.59 Å². The summed E-state index contributed by atoms with van der Waals surface area (Å²) >= 11 is 0. The maximum Gasteiger partial charge on any atom is 0.359 e. The second-order valence-corrected chi connectivity index (χ2v) is 10.3. The van der Waals surface area contributed by atoms with Gasteiger partial charge < -0.3 is 8.98 Å². The van der Waals surface area contributed by atoms with Crippen molar-refractivity contribution in [3.8, 4) is 0 Å². The molecule has 0 N–H and O–H groups in total. The molecule has 0 radical (unpaired) electrons. The lowest BCUT2D eigenvalue weighted by Crippen LogP contribution is -2.50. The Morgan fingerprint density at radius 3 is 2.42 bits per heavy atom. The number of carbonyl (C=O) groups excluding carboxylic acids is 1. The summed E-state index contributed by atoms with van der Waals surface area (Å²) in [5.41, 5.74) is 0.414. The molecule has 0 aliphatic carbocycles. The average molecular weight is 275 g/mol. The zero-order chi connectivity index (χ0) is 14.2. The molecule has 0 aliphatic rings. The zero-order valence-electron chi connectivity index (χ0n) is 11.6. The van der Waals surface area contributed by atoms with Gasteiger partial charge in [0.05, 0.1) is 0 Å². The molecule has 5 heteroatoms. The number of amides is 1. The molecule has 0 saturated heterocycles. The van der Waals surface area contributed by atoms with Crippen molar-refractivity contribution in [3.05, 3.63) is 40.8 Å². The van der Waals surface area contributed by atoms with Crippen molar-refractivity contribution < 1.29 is 9.21 Å². The van der Waals surface area contributed by atoms with Gasteiger partial charge in [-0.05, 0) is 12.1 Å². The van der Waals surface area contributed by atoms with Crippen LogP contribution in [-0.2, 0) is 4.79 Å². The van der Waals surface area contributed by atoms with Crippen LogP contribution in [0.3, 0.4) is 0 Å². The Morgan fingerprint density at radius 1 is 1.21 bits per heavy atom. The second-order valence-electron chi connectivity index (χ2n) is 5.48. The molecule has 1 amide bonds. The number of hydrogen-bond acceptors (Lipinski definition) is 3. The van der Waals surface area contributed by atoms with Crippen LogP contribution in [0.1, 0.15) is 6.92 Å². The summed E-state index contributed by atoms with van der Waals surface area (Å²) in [4.78, 5) is 23.9. The number of rotatable bonds is 2. The van der Waals surface area contributed by atoms with Gasteiger partial charge in [0.2, 0.25) is 5.91 Å². The van der Waals surface area contributed by atoms with E-state index in [1.54, 1.807) is 16.7 Å². The molecule has 1 aromatic carbocycles. The van der Waals surface area contributed by atoms with Crippen molar-refractivity contribution in [2.45, 2.75) is 26.6 Å². The predicted molar refractivity (Wildman–Crippen MR) is 79.0 cm³/mol. The van der Waals surface area contributed by atoms with Gasteiger partial charge in [-0.25, -0.2) is 4.79 Å². The highest BCUT2D eigenvalue weighted by Crippen LogP contribution is 2.22. The van der Waals surface area contributed by atoms with Crippen LogP contribution in [0, 0.1) is 0 Å². The quantitative estimate of drug-likeness (QED) is 0.625. The van der Waals surface area contributed by atoms with Crippen LogP contribution in [0.5, 0.6) is 0 Å². The van der Waals surface area contributed by atoms with E-state index in [0.717, 1.165) is 5.39 Å². The topological polar surface area (TPSA) is 50.5 Å². The molecule has 0 saturated carbocycles. The SMILES string of the molecule is CC(=O)N(c1cc2ccccc2oc1=O)[Si](C)(C)C. The van der Waals surface area contributed by atoms with E-state index in [2.05, 4.69) is 0 Å². The van der Waals surface area contributed by atoms with Gasteiger partial charge >= 0.3 is 5.63 Å². The van der Waals surface area contributed by atoms with Crippen LogP contribution in [0.25, 0.3) is 11.0 Å². The number of anilines is 1. The summed E-state index contributed by atoms with van der Waals surface area (Å²) in [6.07, 6.45) is 0. The lowest BCUT2D eigenvalue weighted by Gasteiger charge is -2.32. The fourth-order valence-electron chi connectivity index (χ4n) is 2.21. The predicted octanol–water partition coefficient (Wildman–Crippen LogP) is 2.98. The van der Waals surface area contributed by atoms with Gasteiger partial charge in [0.25, 0.3) is 0 Å². The Labute approximate surface area is 112 Å². The molecule has 4 nitrogen and oxygen atoms in total. The summed E-state index contributed by atoms with van der Waals surface area (Å²) < 4.78 is 6.89. The van der Waals surface area contributed by atoms with Crippen LogP contribution in [0.15, 0.2) is 39.5 Å². The first kappa shape index (κ1) is 13.5. The summed E-state index contributed by atoms with van der Waals surface area (Å²) in [5, 5.41) is 0.821. The first-order chi connectivity index (χ1) is 8.80. The molecule has 1 heterocycles. The zero-order valence-corrected chi connectivity index (χ0v) is 12.6. The number of benzene rings is 1. The molecule has 0 atom stereocenters. The Balaban J connectivity index is 2.70. The standard InChI is InChI=1S/C14H17NO3Si/c1-10(16)15(19(2,3)4)12-9-11-7-5-6-8-13(11)18-14(12)17/h5-9H,1-4H3. The van der Waals surface area contributed by atoms with E-state index in [4.69, 9.17) is 4.42 Å². The van der Waals surface area contributed by atoms with Crippen molar-refractivity contribution in [1.29, 1.82) is 0 Å². The lowest BCUT2D eigenvalue weighted by atomic mass is 10.2. The van der Waals surface area contributed by atoms with E-state index in [1.165, 1.54) is 6.92 Å². The Hall–Kier alpha value is -1.88. The van der Waals surface area contributed by atoms with Gasteiger partial charge in [-0.1, -0.05) is 37.8 Å². The van der Waals surface area contributed by atoms with Crippen LogP contribution in [0.4, 0.5) is 5.69 Å². The summed E-state index contributed by atoms with van der Waals surface area (Å²) in [6.45, 7) is 7.53. The smallest absolute Gasteiger partial charge is 0.359 e. The van der Waals surface area contributed by atoms with Crippen LogP contribution >= 0.6 is 0 Å². The highest BCUT2D eigenvalue weighted by atomic mass is 28.3. The Morgan fingerprint density at radius 2 is 1.84 bits per heavy atom. The van der Waals surface area contributed by atoms with Crippen molar-refractivity contribution in [2.75, 3.05) is 4.57 Å². The summed E-state index contributed by atoms with van der Waals surface area (Å²) in [5.74, 6) is -0.123. The largest absolute Gasteiger partial charge is 0.421 e. The fourth-order valence-corrected chi connectivity index (χ4v) is 4.03. The van der Waals surface area contributed by atoms with Crippen molar-refractivity contribution in [1.82, 2.24) is 0 Å². The average Bonchev–Trinajstić information content (AvgIpc) is 2.27. The molecule has 2 rings (SSSR count). The third-order valence-corrected chi connectivity index (χ3v) is 4.75. The van der Waals surface area contributed by atoms with Crippen LogP contribution in [-0.4, -0.2) is 14.1 Å². The van der Waals surface area contributed by atoms with Crippen molar-refractivity contribution in [3.63, 3.8) is 0 Å². The van der Waals surface area contributed by atoms with E-state index in [0.29, 0.717) is 11.3 Å². The maximum atomic E-state index is 12.1. The van der Waals surface area contributed by atoms with E-state index in [1.807, 2.05) is 37.8 Å². The third-order valence-electron chi connectivity index (χ3n) is 2.85. The van der Waals surface area contributed by atoms with Gasteiger partial charge in [-0.15, -0.1) is 0 Å². The second kappa shape index (κ2) is 4.66. The number of para-hydroxylation sites is 1.